The van der Waals surface area contributed by atoms with E-state index in [4.69, 9.17) is 38.4 Å². The number of benzene rings is 6. The van der Waals surface area contributed by atoms with Crippen LogP contribution in [0, 0.1) is 34.9 Å². The molecule has 0 aliphatic heterocycles. The molecule has 1 nitrogen and oxygen atoms in total. The second-order valence-electron chi connectivity index (χ2n) is 10.9. The summed E-state index contributed by atoms with van der Waals surface area (Å²) in [6.07, 6.45) is -10.7. The average molecular weight is 754 g/mol. The second kappa shape index (κ2) is 12.5. The van der Waals surface area contributed by atoms with E-state index in [1.165, 1.54) is 66.7 Å². The zero-order chi connectivity index (χ0) is 34.4. The van der Waals surface area contributed by atoms with Crippen molar-refractivity contribution in [1.29, 1.82) is 0 Å². The van der Waals surface area contributed by atoms with Crippen LogP contribution in [0.2, 0.25) is 5.02 Å². The van der Waals surface area contributed by atoms with Crippen molar-refractivity contribution >= 4 is 78.3 Å². The van der Waals surface area contributed by atoms with E-state index in [2.05, 4.69) is 0 Å². The summed E-state index contributed by atoms with van der Waals surface area (Å²) in [6, 6.07) is 28.3. The average Bonchev–Trinajstić information content (AvgIpc) is 3.06. The number of rotatable bonds is 8. The van der Waals surface area contributed by atoms with Gasteiger partial charge in [-0.2, -0.15) is 0 Å². The molecule has 0 saturated heterocycles. The second-order valence-corrected chi connectivity index (χ2v) is 22.6. The van der Waals surface area contributed by atoms with E-state index in [1.807, 2.05) is 0 Å². The number of hydrogen-bond acceptors (Lipinski definition) is 1. The van der Waals surface area contributed by atoms with Gasteiger partial charge in [0.15, 0.2) is 0 Å². The van der Waals surface area contributed by atoms with Gasteiger partial charge < -0.3 is 0 Å². The van der Waals surface area contributed by atoms with Gasteiger partial charge in [-0.15, -0.1) is 0 Å². The van der Waals surface area contributed by atoms with Crippen LogP contribution in [0.4, 0.5) is 26.3 Å². The molecule has 0 aliphatic carbocycles. The minimum absolute atomic E-state index is 0.00457. The van der Waals surface area contributed by atoms with Crippen molar-refractivity contribution in [2.75, 3.05) is 0 Å². The zero-order valence-corrected chi connectivity index (χ0v) is 28.5. The van der Waals surface area contributed by atoms with Gasteiger partial charge in [0.05, 0.1) is 0 Å². The van der Waals surface area contributed by atoms with Crippen molar-refractivity contribution in [3.05, 3.63) is 179 Å². The standard InChI is InChI=1S/C36H23Cl3F6OP2/c37-35-23-29(45)11-22-36(35)48(39,33-18-7-27(43)8-19-33,34-20-9-28(44)10-21-34)46-47(38,30-12-1-24(40)2-13-30,31-14-3-25(41)4-15-31)32-16-5-26(42)6-17-32/h1-23H. The Hall–Kier alpha value is -3.41. The molecule has 0 saturated carbocycles. The molecule has 12 heteroatoms. The predicted octanol–water partition coefficient (Wildman–Crippen LogP) is 9.69. The Kier molecular flexibility index (Phi) is 8.96. The molecule has 246 valence electrons. The van der Waals surface area contributed by atoms with Crippen LogP contribution in [0.5, 0.6) is 0 Å². The van der Waals surface area contributed by atoms with Crippen LogP contribution < -0.4 is 31.8 Å². The van der Waals surface area contributed by atoms with Crippen LogP contribution >= 0.6 is 46.4 Å². The molecule has 0 radical (unpaired) electrons. The summed E-state index contributed by atoms with van der Waals surface area (Å²) in [5.41, 5.74) is 0. The number of hydrogen-bond donors (Lipinski definition) is 0. The van der Waals surface area contributed by atoms with E-state index in [-0.39, 0.29) is 36.8 Å². The van der Waals surface area contributed by atoms with E-state index in [1.54, 1.807) is 0 Å². The first-order valence-corrected chi connectivity index (χ1v) is 20.7. The van der Waals surface area contributed by atoms with Gasteiger partial charge in [-0.1, -0.05) is 0 Å². The Morgan fingerprint density at radius 1 is 0.354 bits per heavy atom. The fourth-order valence-electron chi connectivity index (χ4n) is 5.78. The van der Waals surface area contributed by atoms with Crippen LogP contribution in [0.25, 0.3) is 0 Å². The molecule has 0 aromatic heterocycles. The van der Waals surface area contributed by atoms with Gasteiger partial charge in [0.2, 0.25) is 0 Å². The Morgan fingerprint density at radius 2 is 0.604 bits per heavy atom. The Morgan fingerprint density at radius 3 is 0.875 bits per heavy atom. The van der Waals surface area contributed by atoms with Gasteiger partial charge in [-0.05, 0) is 0 Å². The van der Waals surface area contributed by atoms with Crippen LogP contribution in [0.1, 0.15) is 0 Å². The summed E-state index contributed by atoms with van der Waals surface area (Å²) in [4.78, 5) is 0. The van der Waals surface area contributed by atoms with Crippen molar-refractivity contribution in [3.63, 3.8) is 0 Å². The van der Waals surface area contributed by atoms with Crippen LogP contribution in [-0.4, -0.2) is 0 Å². The van der Waals surface area contributed by atoms with Crippen molar-refractivity contribution in [2.45, 2.75) is 0 Å². The van der Waals surface area contributed by atoms with Crippen LogP contribution in [0.15, 0.2) is 140 Å². The van der Waals surface area contributed by atoms with E-state index in [0.29, 0.717) is 0 Å². The topological polar surface area (TPSA) is 9.23 Å². The molecule has 0 amide bonds. The van der Waals surface area contributed by atoms with E-state index in [9.17, 15) is 26.3 Å². The first kappa shape index (κ1) is 34.5. The number of halogens is 9. The van der Waals surface area contributed by atoms with E-state index >= 15 is 0 Å². The first-order valence-electron chi connectivity index (χ1n) is 14.2. The summed E-state index contributed by atoms with van der Waals surface area (Å²) < 4.78 is 95.2. The molecule has 0 bridgehead atoms. The molecule has 0 heterocycles. The SMILES string of the molecule is Fc1ccc(P(Cl)(OP(Cl)(c2ccc(F)cc2)(c2ccc(F)cc2)c2ccc(F)cc2Cl)(c2ccc(F)cc2)c2ccc(F)cc2)cc1. The fourth-order valence-corrected chi connectivity index (χ4v) is 21.7. The third kappa shape index (κ3) is 5.51. The van der Waals surface area contributed by atoms with Crippen molar-refractivity contribution < 1.29 is 30.7 Å². The molecule has 0 N–H and O–H groups in total. The van der Waals surface area contributed by atoms with Gasteiger partial charge in [-0.3, -0.25) is 0 Å². The maximum atomic E-state index is 14.7. The van der Waals surface area contributed by atoms with Gasteiger partial charge in [0, 0.05) is 0 Å². The minimum atomic E-state index is -5.40. The third-order valence-electron chi connectivity index (χ3n) is 8.09. The Bertz CT molecular complexity index is 1950. The van der Waals surface area contributed by atoms with Gasteiger partial charge in [-0.25, -0.2) is 0 Å². The summed E-state index contributed by atoms with van der Waals surface area (Å²) in [5.74, 6) is -3.86. The summed E-state index contributed by atoms with van der Waals surface area (Å²) >= 11 is 23.3. The van der Waals surface area contributed by atoms with Crippen LogP contribution in [-0.2, 0) is 4.31 Å². The molecular formula is C36H23Cl3F6OP2. The first-order chi connectivity index (χ1) is 22.7. The van der Waals surface area contributed by atoms with Crippen molar-refractivity contribution in [1.82, 2.24) is 0 Å². The van der Waals surface area contributed by atoms with E-state index < -0.39 is 47.3 Å². The predicted molar refractivity (Wildman–Crippen MR) is 188 cm³/mol. The Labute approximate surface area is 287 Å². The molecule has 6 aromatic rings. The molecule has 0 unspecified atom stereocenters. The van der Waals surface area contributed by atoms with Crippen molar-refractivity contribution in [3.8, 4) is 0 Å². The van der Waals surface area contributed by atoms with Gasteiger partial charge >= 0.3 is 288 Å². The molecule has 6 aromatic carbocycles. The molecular weight excluding hydrogens is 731 g/mol. The monoisotopic (exact) mass is 752 g/mol. The van der Waals surface area contributed by atoms with Gasteiger partial charge in [0.25, 0.3) is 0 Å². The van der Waals surface area contributed by atoms with Gasteiger partial charge in [0.1, 0.15) is 0 Å². The summed E-state index contributed by atoms with van der Waals surface area (Å²) in [7, 11) is 0. The quantitative estimate of drug-likeness (QED) is 0.111. The molecule has 0 aliphatic rings. The van der Waals surface area contributed by atoms with Crippen LogP contribution in [0.3, 0.4) is 0 Å². The zero-order valence-electron chi connectivity index (χ0n) is 24.5. The fraction of sp³-hybridized carbons (Fsp3) is 0. The Balaban J connectivity index is 1.90. The van der Waals surface area contributed by atoms with Crippen molar-refractivity contribution in [2.24, 2.45) is 0 Å². The molecule has 0 fully saturated rings. The third-order valence-corrected chi connectivity index (χ3v) is 22.9. The normalized spacial score (nSPS) is 13.7. The molecule has 0 atom stereocenters. The summed E-state index contributed by atoms with van der Waals surface area (Å²) in [6.45, 7) is 0. The molecule has 0 spiro atoms. The molecule has 6 rings (SSSR count). The van der Waals surface area contributed by atoms with E-state index in [0.717, 1.165) is 72.8 Å². The maximum absolute atomic E-state index is 14.7. The molecule has 48 heavy (non-hydrogen) atoms. The summed E-state index contributed by atoms with van der Waals surface area (Å²) in [5, 5.41) is 0.480.